The number of ether oxygens (including phenoxy) is 1. The summed E-state index contributed by atoms with van der Waals surface area (Å²) in [6.07, 6.45) is 0. The Morgan fingerprint density at radius 3 is 2.29 bits per heavy atom. The lowest BCUT2D eigenvalue weighted by Crippen LogP contribution is -2.12. The number of nitro benzene ring substituents is 1. The van der Waals surface area contributed by atoms with Crippen molar-refractivity contribution < 1.29 is 9.66 Å². The van der Waals surface area contributed by atoms with Crippen molar-refractivity contribution in [3.63, 3.8) is 0 Å². The highest BCUT2D eigenvalue weighted by Gasteiger charge is 2.23. The molecule has 0 saturated carbocycles. The number of anilines is 1. The van der Waals surface area contributed by atoms with Crippen LogP contribution in [-0.4, -0.2) is 4.92 Å². The zero-order valence-electron chi connectivity index (χ0n) is 12.3. The highest BCUT2D eigenvalue weighted by atomic mass is 16.6. The maximum atomic E-state index is 11.2. The Kier molecular flexibility index (Phi) is 3.84. The van der Waals surface area contributed by atoms with Gasteiger partial charge in [0.1, 0.15) is 11.4 Å². The first-order valence-corrected chi connectivity index (χ1v) is 6.61. The molecule has 0 atom stereocenters. The SMILES string of the molecule is CC(C)(C)c1ccccc1Oc1cccc(N)c1[N+](=O)[O-]. The molecule has 0 spiro atoms. The molecule has 0 saturated heterocycles. The molecule has 0 fully saturated rings. The molecule has 0 bridgehead atoms. The third-order valence-electron chi connectivity index (χ3n) is 3.13. The van der Waals surface area contributed by atoms with Crippen molar-refractivity contribution in [1.82, 2.24) is 0 Å². The van der Waals surface area contributed by atoms with Crippen molar-refractivity contribution in [3.05, 3.63) is 58.1 Å². The highest BCUT2D eigenvalue weighted by Crippen LogP contribution is 2.39. The molecule has 110 valence electrons. The maximum absolute atomic E-state index is 11.2. The average Bonchev–Trinajstić information content (AvgIpc) is 2.37. The van der Waals surface area contributed by atoms with E-state index in [-0.39, 0.29) is 22.5 Å². The lowest BCUT2D eigenvalue weighted by molar-refractivity contribution is -0.384. The molecule has 0 amide bonds. The second kappa shape index (κ2) is 5.44. The number of nitrogens with two attached hydrogens (primary N) is 1. The minimum atomic E-state index is -0.523. The van der Waals surface area contributed by atoms with Crippen LogP contribution in [-0.2, 0) is 5.41 Å². The van der Waals surface area contributed by atoms with E-state index in [4.69, 9.17) is 10.5 Å². The number of nitrogens with zero attached hydrogens (tertiary/aromatic N) is 1. The molecule has 21 heavy (non-hydrogen) atoms. The Hall–Kier alpha value is -2.56. The maximum Gasteiger partial charge on any atom is 0.334 e. The molecule has 0 radical (unpaired) electrons. The normalized spacial score (nSPS) is 11.2. The minimum Gasteiger partial charge on any atom is -0.450 e. The summed E-state index contributed by atoms with van der Waals surface area (Å²) in [5, 5.41) is 11.2. The van der Waals surface area contributed by atoms with Gasteiger partial charge in [0.05, 0.1) is 4.92 Å². The summed E-state index contributed by atoms with van der Waals surface area (Å²) >= 11 is 0. The van der Waals surface area contributed by atoms with Crippen molar-refractivity contribution in [2.24, 2.45) is 0 Å². The Balaban J connectivity index is 2.50. The van der Waals surface area contributed by atoms with Gasteiger partial charge in [0, 0.05) is 5.56 Å². The highest BCUT2D eigenvalue weighted by molar-refractivity contribution is 5.66. The van der Waals surface area contributed by atoms with Crippen LogP contribution >= 0.6 is 0 Å². The summed E-state index contributed by atoms with van der Waals surface area (Å²) in [6, 6.07) is 12.2. The second-order valence-corrected chi connectivity index (χ2v) is 5.80. The fourth-order valence-corrected chi connectivity index (χ4v) is 2.11. The van der Waals surface area contributed by atoms with Crippen molar-refractivity contribution >= 4 is 11.4 Å². The Bertz CT molecular complexity index is 675. The lowest BCUT2D eigenvalue weighted by atomic mass is 9.86. The van der Waals surface area contributed by atoms with E-state index in [1.54, 1.807) is 18.2 Å². The van der Waals surface area contributed by atoms with Crippen LogP contribution in [0.4, 0.5) is 11.4 Å². The average molecular weight is 286 g/mol. The first kappa shape index (κ1) is 14.8. The fraction of sp³-hybridized carbons (Fsp3) is 0.250. The van der Waals surface area contributed by atoms with Crippen molar-refractivity contribution in [2.75, 3.05) is 5.73 Å². The lowest BCUT2D eigenvalue weighted by Gasteiger charge is -2.22. The van der Waals surface area contributed by atoms with Gasteiger partial charge in [-0.1, -0.05) is 45.0 Å². The molecule has 5 nitrogen and oxygen atoms in total. The van der Waals surface area contributed by atoms with Crippen LogP contribution in [0.2, 0.25) is 0 Å². The van der Waals surface area contributed by atoms with E-state index in [1.165, 1.54) is 6.07 Å². The van der Waals surface area contributed by atoms with E-state index in [9.17, 15) is 10.1 Å². The van der Waals surface area contributed by atoms with Gasteiger partial charge in [0.25, 0.3) is 0 Å². The van der Waals surface area contributed by atoms with Crippen LogP contribution in [0.5, 0.6) is 11.5 Å². The van der Waals surface area contributed by atoms with E-state index in [1.807, 2.05) is 18.2 Å². The number of nitro groups is 1. The Morgan fingerprint density at radius 1 is 1.05 bits per heavy atom. The van der Waals surface area contributed by atoms with Crippen LogP contribution in [0.1, 0.15) is 26.3 Å². The molecule has 0 heterocycles. The molecular weight excluding hydrogens is 268 g/mol. The first-order chi connectivity index (χ1) is 9.80. The van der Waals surface area contributed by atoms with Gasteiger partial charge in [-0.25, -0.2) is 0 Å². The van der Waals surface area contributed by atoms with Crippen molar-refractivity contribution in [3.8, 4) is 11.5 Å². The van der Waals surface area contributed by atoms with E-state index < -0.39 is 4.92 Å². The van der Waals surface area contributed by atoms with Gasteiger partial charge in [-0.15, -0.1) is 0 Å². The largest absolute Gasteiger partial charge is 0.450 e. The molecule has 0 unspecified atom stereocenters. The van der Waals surface area contributed by atoms with Crippen molar-refractivity contribution in [2.45, 2.75) is 26.2 Å². The fourth-order valence-electron chi connectivity index (χ4n) is 2.11. The Morgan fingerprint density at radius 2 is 1.67 bits per heavy atom. The van der Waals surface area contributed by atoms with Crippen LogP contribution in [0.25, 0.3) is 0 Å². The zero-order chi connectivity index (χ0) is 15.6. The van der Waals surface area contributed by atoms with E-state index in [0.29, 0.717) is 5.75 Å². The summed E-state index contributed by atoms with van der Waals surface area (Å²) in [4.78, 5) is 10.6. The van der Waals surface area contributed by atoms with Gasteiger partial charge >= 0.3 is 5.69 Å². The molecule has 0 aromatic heterocycles. The van der Waals surface area contributed by atoms with Crippen molar-refractivity contribution in [1.29, 1.82) is 0 Å². The Labute approximate surface area is 123 Å². The number of rotatable bonds is 3. The van der Waals surface area contributed by atoms with Crippen LogP contribution < -0.4 is 10.5 Å². The predicted molar refractivity (Wildman–Crippen MR) is 82.7 cm³/mol. The number of benzene rings is 2. The summed E-state index contributed by atoms with van der Waals surface area (Å²) in [6.45, 7) is 6.18. The molecule has 0 aliphatic rings. The third kappa shape index (κ3) is 3.13. The van der Waals surface area contributed by atoms with Gasteiger partial charge in [0.2, 0.25) is 5.75 Å². The molecule has 2 aromatic rings. The number of nitrogen functional groups attached to an aromatic ring is 1. The number of hydrogen-bond donors (Lipinski definition) is 1. The molecule has 2 N–H and O–H groups in total. The molecule has 5 heteroatoms. The van der Waals surface area contributed by atoms with E-state index in [0.717, 1.165) is 5.56 Å². The molecular formula is C16H18N2O3. The topological polar surface area (TPSA) is 78.4 Å². The summed E-state index contributed by atoms with van der Waals surface area (Å²) in [7, 11) is 0. The third-order valence-corrected chi connectivity index (χ3v) is 3.13. The molecule has 0 aliphatic heterocycles. The van der Waals surface area contributed by atoms with E-state index in [2.05, 4.69) is 20.8 Å². The van der Waals surface area contributed by atoms with Crippen LogP contribution in [0, 0.1) is 10.1 Å². The number of para-hydroxylation sites is 2. The van der Waals surface area contributed by atoms with Crippen LogP contribution in [0.15, 0.2) is 42.5 Å². The van der Waals surface area contributed by atoms with E-state index >= 15 is 0 Å². The number of hydrogen-bond acceptors (Lipinski definition) is 4. The standard InChI is InChI=1S/C16H18N2O3/c1-16(2,3)11-7-4-5-9-13(11)21-14-10-6-8-12(17)15(14)18(19)20/h4-10H,17H2,1-3H3. The van der Waals surface area contributed by atoms with Crippen LogP contribution in [0.3, 0.4) is 0 Å². The van der Waals surface area contributed by atoms with Gasteiger partial charge in [-0.3, -0.25) is 10.1 Å². The quantitative estimate of drug-likeness (QED) is 0.519. The van der Waals surface area contributed by atoms with Gasteiger partial charge in [0.15, 0.2) is 0 Å². The minimum absolute atomic E-state index is 0.0886. The second-order valence-electron chi connectivity index (χ2n) is 5.80. The van der Waals surface area contributed by atoms with Gasteiger partial charge in [-0.05, 0) is 23.6 Å². The molecule has 2 aromatic carbocycles. The first-order valence-electron chi connectivity index (χ1n) is 6.61. The zero-order valence-corrected chi connectivity index (χ0v) is 12.3. The molecule has 2 rings (SSSR count). The summed E-state index contributed by atoms with van der Waals surface area (Å²) in [5.74, 6) is 0.746. The molecule has 0 aliphatic carbocycles. The summed E-state index contributed by atoms with van der Waals surface area (Å²) in [5.41, 5.74) is 6.40. The smallest absolute Gasteiger partial charge is 0.334 e. The predicted octanol–water partition coefficient (Wildman–Crippen LogP) is 4.27. The summed E-state index contributed by atoms with van der Waals surface area (Å²) < 4.78 is 5.79. The monoisotopic (exact) mass is 286 g/mol. The van der Waals surface area contributed by atoms with Gasteiger partial charge < -0.3 is 10.5 Å². The van der Waals surface area contributed by atoms with Gasteiger partial charge in [-0.2, -0.15) is 0 Å².